The lowest BCUT2D eigenvalue weighted by Crippen LogP contribution is -2.06. The zero-order chi connectivity index (χ0) is 17.6. The van der Waals surface area contributed by atoms with Crippen LogP contribution in [0.3, 0.4) is 0 Å². The monoisotopic (exact) mass is 341 g/mol. The summed E-state index contributed by atoms with van der Waals surface area (Å²) in [6.07, 6.45) is 1.65. The van der Waals surface area contributed by atoms with E-state index in [1.54, 1.807) is 49.7 Å². The molecule has 0 fully saturated rings. The van der Waals surface area contributed by atoms with Crippen molar-refractivity contribution in [3.8, 4) is 23.1 Å². The summed E-state index contributed by atoms with van der Waals surface area (Å²) in [6.45, 7) is 0.858. The summed E-state index contributed by atoms with van der Waals surface area (Å²) in [5.41, 5.74) is 7.59. The molecule has 3 aromatic rings. The molecule has 0 aliphatic carbocycles. The van der Waals surface area contributed by atoms with Gasteiger partial charge in [-0.1, -0.05) is 0 Å². The molecule has 7 heteroatoms. The van der Waals surface area contributed by atoms with Crippen molar-refractivity contribution in [2.75, 3.05) is 33.2 Å². The first kappa shape index (κ1) is 16.8. The van der Waals surface area contributed by atoms with Gasteiger partial charge in [-0.25, -0.2) is 4.98 Å². The molecule has 0 radical (unpaired) electrons. The number of nitrogens with two attached hydrogens (primary N) is 1. The lowest BCUT2D eigenvalue weighted by Gasteiger charge is -2.12. The van der Waals surface area contributed by atoms with E-state index in [2.05, 4.69) is 9.97 Å². The van der Waals surface area contributed by atoms with Crippen LogP contribution in [0.1, 0.15) is 0 Å². The second-order valence-corrected chi connectivity index (χ2v) is 5.18. The van der Waals surface area contributed by atoms with E-state index >= 15 is 0 Å². The molecule has 2 heterocycles. The van der Waals surface area contributed by atoms with Gasteiger partial charge < -0.3 is 24.7 Å². The van der Waals surface area contributed by atoms with Gasteiger partial charge >= 0.3 is 0 Å². The average molecular weight is 341 g/mol. The van der Waals surface area contributed by atoms with E-state index in [1.807, 2.05) is 0 Å². The van der Waals surface area contributed by atoms with E-state index < -0.39 is 0 Å². The molecule has 1 aromatic carbocycles. The number of hydrogen-bond acceptors (Lipinski definition) is 7. The van der Waals surface area contributed by atoms with Gasteiger partial charge in [-0.15, -0.1) is 0 Å². The number of hydrogen-bond donors (Lipinski definition) is 1. The van der Waals surface area contributed by atoms with Crippen molar-refractivity contribution in [2.24, 2.45) is 0 Å². The van der Waals surface area contributed by atoms with E-state index in [4.69, 9.17) is 24.7 Å². The van der Waals surface area contributed by atoms with Crippen LogP contribution in [0.25, 0.3) is 11.0 Å². The first-order valence-corrected chi connectivity index (χ1v) is 7.70. The van der Waals surface area contributed by atoms with Crippen LogP contribution in [0.2, 0.25) is 0 Å². The number of pyridine rings is 2. The van der Waals surface area contributed by atoms with Gasteiger partial charge in [-0.3, -0.25) is 4.98 Å². The van der Waals surface area contributed by atoms with Crippen LogP contribution in [0.5, 0.6) is 23.1 Å². The fraction of sp³-hybridized carbons (Fsp3) is 0.222. The molecular formula is C18H19N3O4. The molecule has 2 N–H and O–H groups in total. The summed E-state index contributed by atoms with van der Waals surface area (Å²) >= 11 is 0. The molecule has 0 amide bonds. The molecule has 3 rings (SSSR count). The summed E-state index contributed by atoms with van der Waals surface area (Å²) in [4.78, 5) is 8.82. The molecule has 0 unspecified atom stereocenters. The minimum Gasteiger partial charge on any atom is -0.485 e. The standard InChI is InChI=1S/C18H19N3O4/c1-22-9-10-24-16-11-14-17(21-18(16)23-2)15(7-8-20-14)25-13-5-3-12(19)4-6-13/h3-8,11H,9-10,19H2,1-2H3. The molecule has 25 heavy (non-hydrogen) atoms. The highest BCUT2D eigenvalue weighted by molar-refractivity contribution is 5.83. The predicted molar refractivity (Wildman–Crippen MR) is 94.4 cm³/mol. The fourth-order valence-corrected chi connectivity index (χ4v) is 2.24. The molecule has 0 bridgehead atoms. The zero-order valence-corrected chi connectivity index (χ0v) is 14.1. The van der Waals surface area contributed by atoms with Crippen LogP contribution in [-0.2, 0) is 4.74 Å². The SMILES string of the molecule is COCCOc1cc2nccc(Oc3ccc(N)cc3)c2nc1OC. The normalized spacial score (nSPS) is 10.6. The van der Waals surface area contributed by atoms with Crippen molar-refractivity contribution < 1.29 is 18.9 Å². The van der Waals surface area contributed by atoms with E-state index in [1.165, 1.54) is 7.11 Å². The Hall–Kier alpha value is -3.06. The number of rotatable bonds is 7. The van der Waals surface area contributed by atoms with Crippen molar-refractivity contribution in [2.45, 2.75) is 0 Å². The Balaban J connectivity index is 1.95. The quantitative estimate of drug-likeness (QED) is 0.522. The molecule has 0 saturated heterocycles. The van der Waals surface area contributed by atoms with Crippen LogP contribution < -0.4 is 19.9 Å². The van der Waals surface area contributed by atoms with Gasteiger partial charge in [0.25, 0.3) is 5.88 Å². The fourth-order valence-electron chi connectivity index (χ4n) is 2.24. The van der Waals surface area contributed by atoms with Crippen molar-refractivity contribution in [1.82, 2.24) is 9.97 Å². The van der Waals surface area contributed by atoms with Gasteiger partial charge in [-0.05, 0) is 24.3 Å². The molecule has 130 valence electrons. The van der Waals surface area contributed by atoms with E-state index in [0.29, 0.717) is 53.1 Å². The van der Waals surface area contributed by atoms with E-state index in [9.17, 15) is 0 Å². The van der Waals surface area contributed by atoms with Crippen molar-refractivity contribution >= 4 is 16.7 Å². The largest absolute Gasteiger partial charge is 0.485 e. The third-order valence-corrected chi connectivity index (χ3v) is 3.45. The number of ether oxygens (including phenoxy) is 4. The van der Waals surface area contributed by atoms with Crippen molar-refractivity contribution in [1.29, 1.82) is 0 Å². The van der Waals surface area contributed by atoms with Crippen LogP contribution in [0.4, 0.5) is 5.69 Å². The highest BCUT2D eigenvalue weighted by atomic mass is 16.5. The lowest BCUT2D eigenvalue weighted by atomic mass is 10.2. The van der Waals surface area contributed by atoms with Crippen LogP contribution >= 0.6 is 0 Å². The number of nitrogen functional groups attached to an aromatic ring is 1. The second kappa shape index (κ2) is 7.67. The molecule has 7 nitrogen and oxygen atoms in total. The van der Waals surface area contributed by atoms with Gasteiger partial charge in [0.2, 0.25) is 0 Å². The molecule has 0 aliphatic heterocycles. The minimum atomic E-state index is 0.360. The first-order chi connectivity index (χ1) is 12.2. The Morgan fingerprint density at radius 2 is 1.80 bits per heavy atom. The third-order valence-electron chi connectivity index (χ3n) is 3.45. The van der Waals surface area contributed by atoms with E-state index in [-0.39, 0.29) is 0 Å². The Bertz CT molecular complexity index is 853. The third kappa shape index (κ3) is 3.89. The number of methoxy groups -OCH3 is 2. The topological polar surface area (TPSA) is 88.7 Å². The molecule has 0 aliphatic rings. The molecular weight excluding hydrogens is 322 g/mol. The highest BCUT2D eigenvalue weighted by Gasteiger charge is 2.13. The minimum absolute atomic E-state index is 0.360. The van der Waals surface area contributed by atoms with E-state index in [0.717, 1.165) is 0 Å². The van der Waals surface area contributed by atoms with Crippen molar-refractivity contribution in [3.63, 3.8) is 0 Å². The molecule has 2 aromatic heterocycles. The zero-order valence-electron chi connectivity index (χ0n) is 14.1. The van der Waals surface area contributed by atoms with Crippen LogP contribution in [0.15, 0.2) is 42.6 Å². The maximum absolute atomic E-state index is 5.91. The number of fused-ring (bicyclic) bond motifs is 1. The Labute approximate surface area is 145 Å². The Morgan fingerprint density at radius 1 is 1.00 bits per heavy atom. The van der Waals surface area contributed by atoms with Crippen molar-refractivity contribution in [3.05, 3.63) is 42.6 Å². The van der Waals surface area contributed by atoms with Gasteiger partial charge in [0.15, 0.2) is 11.5 Å². The number of benzene rings is 1. The summed E-state index contributed by atoms with van der Waals surface area (Å²) < 4.78 is 21.9. The van der Waals surface area contributed by atoms with Crippen LogP contribution in [0, 0.1) is 0 Å². The Morgan fingerprint density at radius 3 is 2.52 bits per heavy atom. The summed E-state index contributed by atoms with van der Waals surface area (Å²) in [7, 11) is 3.15. The molecule has 0 atom stereocenters. The van der Waals surface area contributed by atoms with Crippen LogP contribution in [-0.4, -0.2) is 37.4 Å². The summed E-state index contributed by atoms with van der Waals surface area (Å²) in [5.74, 6) is 2.09. The number of nitrogens with zero attached hydrogens (tertiary/aromatic N) is 2. The van der Waals surface area contributed by atoms with Gasteiger partial charge in [0, 0.05) is 31.1 Å². The summed E-state index contributed by atoms with van der Waals surface area (Å²) in [6, 6.07) is 10.6. The smallest absolute Gasteiger partial charge is 0.257 e. The lowest BCUT2D eigenvalue weighted by molar-refractivity contribution is 0.144. The maximum Gasteiger partial charge on any atom is 0.257 e. The average Bonchev–Trinajstić information content (AvgIpc) is 2.63. The van der Waals surface area contributed by atoms with Gasteiger partial charge in [0.1, 0.15) is 17.9 Å². The Kier molecular flexibility index (Phi) is 5.15. The predicted octanol–water partition coefficient (Wildman–Crippen LogP) is 3.04. The highest BCUT2D eigenvalue weighted by Crippen LogP contribution is 2.34. The first-order valence-electron chi connectivity index (χ1n) is 7.70. The number of aromatic nitrogens is 2. The summed E-state index contributed by atoms with van der Waals surface area (Å²) in [5, 5.41) is 0. The number of anilines is 1. The van der Waals surface area contributed by atoms with Gasteiger partial charge in [-0.2, -0.15) is 0 Å². The molecule has 0 spiro atoms. The second-order valence-electron chi connectivity index (χ2n) is 5.18. The van der Waals surface area contributed by atoms with Gasteiger partial charge in [0.05, 0.1) is 19.2 Å². The molecule has 0 saturated carbocycles. The maximum atomic E-state index is 5.91.